The van der Waals surface area contributed by atoms with Crippen molar-refractivity contribution in [3.8, 4) is 0 Å². The second-order valence-electron chi connectivity index (χ2n) is 4.03. The fourth-order valence-electron chi connectivity index (χ4n) is 1.53. The molecule has 0 spiro atoms. The van der Waals surface area contributed by atoms with E-state index in [0.717, 1.165) is 12.8 Å². The van der Waals surface area contributed by atoms with Crippen LogP contribution in [-0.4, -0.2) is 10.2 Å². The lowest BCUT2D eigenvalue weighted by Crippen LogP contribution is -2.05. The minimum atomic E-state index is -0.163. The van der Waals surface area contributed by atoms with Gasteiger partial charge in [-0.3, -0.25) is 0 Å². The van der Waals surface area contributed by atoms with Gasteiger partial charge in [0, 0.05) is 11.5 Å². The van der Waals surface area contributed by atoms with Crippen molar-refractivity contribution in [3.63, 3.8) is 0 Å². The highest BCUT2D eigenvalue weighted by molar-refractivity contribution is 9.10. The summed E-state index contributed by atoms with van der Waals surface area (Å²) < 4.78 is 14.5. The third kappa shape index (κ3) is 1.67. The van der Waals surface area contributed by atoms with Crippen molar-refractivity contribution in [1.82, 2.24) is 10.2 Å². The van der Waals surface area contributed by atoms with Gasteiger partial charge in [0.25, 0.3) is 0 Å². The van der Waals surface area contributed by atoms with Gasteiger partial charge in [0.15, 0.2) is 5.82 Å². The van der Waals surface area contributed by atoms with Crippen molar-refractivity contribution in [2.45, 2.75) is 38.5 Å². The molecule has 0 atom stereocenters. The molecule has 0 aromatic carbocycles. The van der Waals surface area contributed by atoms with Crippen molar-refractivity contribution >= 4 is 15.9 Å². The largest absolute Gasteiger partial charge is 0.204 e. The van der Waals surface area contributed by atoms with Gasteiger partial charge in [-0.1, -0.05) is 13.8 Å². The molecule has 1 saturated carbocycles. The zero-order valence-corrected chi connectivity index (χ0v) is 9.81. The summed E-state index contributed by atoms with van der Waals surface area (Å²) in [7, 11) is 0. The highest BCUT2D eigenvalue weighted by atomic mass is 79.9. The molecule has 0 N–H and O–H groups in total. The lowest BCUT2D eigenvalue weighted by atomic mass is 10.0. The normalized spacial score (nSPS) is 16.4. The minimum absolute atomic E-state index is 0.136. The van der Waals surface area contributed by atoms with Crippen molar-refractivity contribution in [2.75, 3.05) is 0 Å². The molecule has 2 nitrogen and oxygen atoms in total. The molecule has 76 valence electrons. The molecule has 14 heavy (non-hydrogen) atoms. The van der Waals surface area contributed by atoms with Crippen LogP contribution in [0.1, 0.15) is 49.8 Å². The van der Waals surface area contributed by atoms with Gasteiger partial charge >= 0.3 is 0 Å². The molecule has 0 unspecified atom stereocenters. The number of aromatic nitrogens is 2. The highest BCUT2D eigenvalue weighted by Crippen LogP contribution is 2.41. The molecule has 0 bridgehead atoms. The second kappa shape index (κ2) is 3.57. The van der Waals surface area contributed by atoms with Gasteiger partial charge in [-0.2, -0.15) is 5.10 Å². The van der Waals surface area contributed by atoms with Gasteiger partial charge in [-0.05, 0) is 34.7 Å². The fourth-order valence-corrected chi connectivity index (χ4v) is 2.24. The molecule has 1 aliphatic carbocycles. The maximum atomic E-state index is 13.9. The van der Waals surface area contributed by atoms with E-state index in [9.17, 15) is 4.39 Å². The van der Waals surface area contributed by atoms with E-state index in [1.165, 1.54) is 0 Å². The molecule has 1 fully saturated rings. The molecule has 0 radical (unpaired) electrons. The minimum Gasteiger partial charge on any atom is -0.204 e. The van der Waals surface area contributed by atoms with E-state index in [0.29, 0.717) is 21.8 Å². The van der Waals surface area contributed by atoms with E-state index < -0.39 is 0 Å². The molecular weight excluding hydrogens is 247 g/mol. The van der Waals surface area contributed by atoms with E-state index in [-0.39, 0.29) is 11.7 Å². The Kier molecular flexibility index (Phi) is 2.56. The standard InChI is InChI=1S/C10H12BrFN2/c1-5(2)7-8(12)9(6-3-4-6)13-14-10(7)11/h5-6H,3-4H2,1-2H3. The summed E-state index contributed by atoms with van der Waals surface area (Å²) in [6.45, 7) is 3.92. The van der Waals surface area contributed by atoms with Gasteiger partial charge in [-0.15, -0.1) is 5.10 Å². The first-order chi connectivity index (χ1) is 6.61. The number of hydrogen-bond donors (Lipinski definition) is 0. The predicted octanol–water partition coefficient (Wildman–Crippen LogP) is 3.38. The molecule has 0 amide bonds. The predicted molar refractivity (Wildman–Crippen MR) is 55.8 cm³/mol. The first-order valence-electron chi connectivity index (χ1n) is 4.82. The van der Waals surface area contributed by atoms with Crippen molar-refractivity contribution in [2.24, 2.45) is 0 Å². The number of rotatable bonds is 2. The summed E-state index contributed by atoms with van der Waals surface area (Å²) in [5, 5.41) is 7.86. The smallest absolute Gasteiger partial charge is 0.153 e. The topological polar surface area (TPSA) is 25.8 Å². The molecule has 1 heterocycles. The van der Waals surface area contributed by atoms with Crippen LogP contribution in [0.4, 0.5) is 4.39 Å². The van der Waals surface area contributed by atoms with Gasteiger partial charge in [0.05, 0.1) is 0 Å². The number of nitrogens with zero attached hydrogens (tertiary/aromatic N) is 2. The highest BCUT2D eigenvalue weighted by Gasteiger charge is 2.31. The second-order valence-corrected chi connectivity index (χ2v) is 4.78. The Morgan fingerprint density at radius 3 is 2.50 bits per heavy atom. The van der Waals surface area contributed by atoms with Crippen LogP contribution in [-0.2, 0) is 0 Å². The Morgan fingerprint density at radius 2 is 2.00 bits per heavy atom. The van der Waals surface area contributed by atoms with E-state index in [4.69, 9.17) is 0 Å². The summed E-state index contributed by atoms with van der Waals surface area (Å²) in [6.07, 6.45) is 2.09. The quantitative estimate of drug-likeness (QED) is 0.813. The van der Waals surface area contributed by atoms with E-state index in [1.807, 2.05) is 13.8 Å². The summed E-state index contributed by atoms with van der Waals surface area (Å²) in [6, 6.07) is 0. The monoisotopic (exact) mass is 258 g/mol. The molecular formula is C10H12BrFN2. The fraction of sp³-hybridized carbons (Fsp3) is 0.600. The lowest BCUT2D eigenvalue weighted by molar-refractivity contribution is 0.558. The van der Waals surface area contributed by atoms with Crippen LogP contribution in [0.3, 0.4) is 0 Å². The molecule has 1 aromatic rings. The molecule has 4 heteroatoms. The SMILES string of the molecule is CC(C)c1c(Br)nnc(C2CC2)c1F. The zero-order chi connectivity index (χ0) is 10.3. The lowest BCUT2D eigenvalue weighted by Gasteiger charge is -2.10. The third-order valence-electron chi connectivity index (χ3n) is 2.47. The van der Waals surface area contributed by atoms with Crippen LogP contribution < -0.4 is 0 Å². The maximum Gasteiger partial charge on any atom is 0.153 e. The van der Waals surface area contributed by atoms with Crippen molar-refractivity contribution in [1.29, 1.82) is 0 Å². The number of halogens is 2. The van der Waals surface area contributed by atoms with Crippen LogP contribution in [0, 0.1) is 5.82 Å². The zero-order valence-electron chi connectivity index (χ0n) is 8.22. The van der Waals surface area contributed by atoms with Crippen LogP contribution in [0.2, 0.25) is 0 Å². The summed E-state index contributed by atoms with van der Waals surface area (Å²) >= 11 is 3.24. The van der Waals surface area contributed by atoms with Crippen LogP contribution >= 0.6 is 15.9 Å². The van der Waals surface area contributed by atoms with Crippen LogP contribution in [0.25, 0.3) is 0 Å². The molecule has 2 rings (SSSR count). The average molecular weight is 259 g/mol. The summed E-state index contributed by atoms with van der Waals surface area (Å²) in [5.74, 6) is 0.287. The van der Waals surface area contributed by atoms with Gasteiger partial charge in [0.2, 0.25) is 0 Å². The van der Waals surface area contributed by atoms with Gasteiger partial charge in [0.1, 0.15) is 10.3 Å². The van der Waals surface area contributed by atoms with Gasteiger partial charge < -0.3 is 0 Å². The molecule has 1 aliphatic rings. The van der Waals surface area contributed by atoms with Gasteiger partial charge in [-0.25, -0.2) is 4.39 Å². The van der Waals surface area contributed by atoms with E-state index >= 15 is 0 Å². The Balaban J connectivity index is 2.50. The van der Waals surface area contributed by atoms with Crippen LogP contribution in [0.15, 0.2) is 4.60 Å². The Hall–Kier alpha value is -0.510. The third-order valence-corrected chi connectivity index (χ3v) is 3.06. The first kappa shape index (κ1) is 10.0. The Labute approximate surface area is 91.1 Å². The summed E-state index contributed by atoms with van der Waals surface area (Å²) in [4.78, 5) is 0. The molecule has 0 saturated heterocycles. The maximum absolute atomic E-state index is 13.9. The molecule has 1 aromatic heterocycles. The van der Waals surface area contributed by atoms with Crippen molar-refractivity contribution in [3.05, 3.63) is 21.7 Å². The molecule has 0 aliphatic heterocycles. The summed E-state index contributed by atoms with van der Waals surface area (Å²) in [5.41, 5.74) is 1.21. The van der Waals surface area contributed by atoms with E-state index in [1.54, 1.807) is 0 Å². The Bertz CT molecular complexity index is 361. The van der Waals surface area contributed by atoms with E-state index in [2.05, 4.69) is 26.1 Å². The van der Waals surface area contributed by atoms with Crippen molar-refractivity contribution < 1.29 is 4.39 Å². The number of hydrogen-bond acceptors (Lipinski definition) is 2. The average Bonchev–Trinajstić information content (AvgIpc) is 2.86. The Morgan fingerprint density at radius 1 is 1.36 bits per heavy atom. The first-order valence-corrected chi connectivity index (χ1v) is 5.62. The van der Waals surface area contributed by atoms with Crippen LogP contribution in [0.5, 0.6) is 0 Å².